The molecule has 1 unspecified atom stereocenters. The first-order valence-corrected chi connectivity index (χ1v) is 5.04. The Morgan fingerprint density at radius 1 is 1.38 bits per heavy atom. The molecule has 1 aromatic heterocycles. The first-order valence-electron chi connectivity index (χ1n) is 5.04. The van der Waals surface area contributed by atoms with Gasteiger partial charge in [-0.1, -0.05) is 24.3 Å². The zero-order valence-electron chi connectivity index (χ0n) is 8.97. The summed E-state index contributed by atoms with van der Waals surface area (Å²) in [5, 5.41) is 8.73. The predicted molar refractivity (Wildman–Crippen MR) is 58.5 cm³/mol. The van der Waals surface area contributed by atoms with Crippen molar-refractivity contribution >= 4 is 0 Å². The number of aliphatic hydroxyl groups excluding tert-OH is 1. The van der Waals surface area contributed by atoms with Gasteiger partial charge in [0, 0.05) is 31.4 Å². The number of aromatic nitrogens is 2. The first-order chi connectivity index (χ1) is 7.66. The van der Waals surface area contributed by atoms with Gasteiger partial charge in [-0.25, -0.2) is 9.37 Å². The van der Waals surface area contributed by atoms with E-state index in [2.05, 4.69) is 4.98 Å². The number of alkyl halides is 1. The summed E-state index contributed by atoms with van der Waals surface area (Å²) >= 11 is 0. The Morgan fingerprint density at radius 2 is 2.06 bits per heavy atom. The lowest BCUT2D eigenvalue weighted by molar-refractivity contribution is 0.0411. The summed E-state index contributed by atoms with van der Waals surface area (Å²) in [4.78, 5) is 4.21. The van der Waals surface area contributed by atoms with E-state index in [0.29, 0.717) is 6.42 Å². The number of halogens is 1. The summed E-state index contributed by atoms with van der Waals surface area (Å²) in [5.41, 5.74) is 1.32. The number of hydrogen-bond acceptors (Lipinski definition) is 2. The number of hydrogen-bond donors (Lipinski definition) is 1. The maximum absolute atomic E-state index is 12.5. The van der Waals surface area contributed by atoms with Gasteiger partial charge in [-0.3, -0.25) is 0 Å². The van der Waals surface area contributed by atoms with Crippen LogP contribution >= 0.6 is 0 Å². The fourth-order valence-electron chi connectivity index (χ4n) is 1.54. The highest BCUT2D eigenvalue weighted by Crippen LogP contribution is 2.15. The monoisotopic (exact) mass is 220 g/mol. The average Bonchev–Trinajstić information content (AvgIpc) is 2.65. The molecule has 0 amide bonds. The second kappa shape index (κ2) is 4.45. The minimum Gasteiger partial charge on any atom is -0.360 e. The van der Waals surface area contributed by atoms with Crippen molar-refractivity contribution in [2.75, 3.05) is 0 Å². The van der Waals surface area contributed by atoms with Crippen LogP contribution in [0.5, 0.6) is 0 Å². The van der Waals surface area contributed by atoms with Crippen molar-refractivity contribution in [3.63, 3.8) is 0 Å². The van der Waals surface area contributed by atoms with Crippen LogP contribution in [0.4, 0.5) is 4.39 Å². The van der Waals surface area contributed by atoms with Gasteiger partial charge in [0.15, 0.2) is 0 Å². The van der Waals surface area contributed by atoms with E-state index in [1.807, 2.05) is 17.8 Å². The van der Waals surface area contributed by atoms with Gasteiger partial charge < -0.3 is 9.67 Å². The molecule has 2 aromatic rings. The van der Waals surface area contributed by atoms with Crippen molar-refractivity contribution in [1.82, 2.24) is 9.55 Å². The molecular formula is C12H13FN2O. The summed E-state index contributed by atoms with van der Waals surface area (Å²) in [5.74, 6) is 0.952. The van der Waals surface area contributed by atoms with Gasteiger partial charge in [0.1, 0.15) is 5.82 Å². The predicted octanol–water partition coefficient (Wildman–Crippen LogP) is 1.97. The summed E-state index contributed by atoms with van der Waals surface area (Å²) in [6.07, 6.45) is 2.43. The van der Waals surface area contributed by atoms with Gasteiger partial charge in [0.25, 0.3) is 0 Å². The number of aliphatic hydroxyl groups is 1. The van der Waals surface area contributed by atoms with E-state index in [0.717, 1.165) is 11.4 Å². The summed E-state index contributed by atoms with van der Waals surface area (Å²) in [6, 6.07) is 6.77. The molecule has 1 atom stereocenters. The van der Waals surface area contributed by atoms with Crippen LogP contribution in [0.25, 0.3) is 0 Å². The van der Waals surface area contributed by atoms with Gasteiger partial charge in [0.2, 0.25) is 6.36 Å². The molecule has 2 rings (SSSR count). The molecule has 0 spiro atoms. The lowest BCUT2D eigenvalue weighted by Crippen LogP contribution is -1.98. The molecule has 1 N–H and O–H groups in total. The third-order valence-corrected chi connectivity index (χ3v) is 2.54. The number of imidazole rings is 1. The van der Waals surface area contributed by atoms with Crippen LogP contribution in [0.3, 0.4) is 0 Å². The van der Waals surface area contributed by atoms with Crippen molar-refractivity contribution in [3.05, 3.63) is 53.6 Å². The fourth-order valence-corrected chi connectivity index (χ4v) is 1.54. The molecule has 0 aliphatic rings. The molecule has 0 radical (unpaired) electrons. The largest absolute Gasteiger partial charge is 0.360 e. The van der Waals surface area contributed by atoms with Crippen molar-refractivity contribution in [3.8, 4) is 0 Å². The average molecular weight is 220 g/mol. The Hall–Kier alpha value is -1.68. The summed E-state index contributed by atoms with van der Waals surface area (Å²) in [6.45, 7) is 0. The lowest BCUT2D eigenvalue weighted by Gasteiger charge is -2.04. The number of nitrogens with zero attached hydrogens (tertiary/aromatic N) is 2. The third-order valence-electron chi connectivity index (χ3n) is 2.54. The molecule has 84 valence electrons. The molecule has 0 saturated carbocycles. The van der Waals surface area contributed by atoms with Gasteiger partial charge in [-0.05, 0) is 5.56 Å². The molecule has 0 bridgehead atoms. The minimum atomic E-state index is -1.90. The molecule has 4 heteroatoms. The minimum absolute atomic E-state index is 0.281. The smallest absolute Gasteiger partial charge is 0.222 e. The Bertz CT molecular complexity index is 462. The quantitative estimate of drug-likeness (QED) is 0.858. The molecule has 1 aromatic carbocycles. The Kier molecular flexibility index (Phi) is 3.01. The van der Waals surface area contributed by atoms with E-state index in [4.69, 9.17) is 5.11 Å². The van der Waals surface area contributed by atoms with Crippen LogP contribution in [0.2, 0.25) is 0 Å². The van der Waals surface area contributed by atoms with Crippen molar-refractivity contribution in [2.45, 2.75) is 12.8 Å². The van der Waals surface area contributed by atoms with Crippen LogP contribution < -0.4 is 0 Å². The number of aryl methyl sites for hydroxylation is 1. The van der Waals surface area contributed by atoms with Crippen LogP contribution in [0.15, 0.2) is 36.7 Å². The first kappa shape index (κ1) is 10.8. The van der Waals surface area contributed by atoms with Crippen LogP contribution in [-0.2, 0) is 13.5 Å². The van der Waals surface area contributed by atoms with Crippen LogP contribution in [0.1, 0.15) is 23.3 Å². The van der Waals surface area contributed by atoms with E-state index < -0.39 is 6.36 Å². The maximum atomic E-state index is 12.5. The summed E-state index contributed by atoms with van der Waals surface area (Å²) in [7, 11) is 1.93. The van der Waals surface area contributed by atoms with Crippen molar-refractivity contribution in [1.29, 1.82) is 0 Å². The van der Waals surface area contributed by atoms with E-state index >= 15 is 0 Å². The molecule has 16 heavy (non-hydrogen) atoms. The highest BCUT2D eigenvalue weighted by molar-refractivity contribution is 5.25. The third kappa shape index (κ3) is 2.28. The Labute approximate surface area is 93.2 Å². The number of benzene rings is 1. The van der Waals surface area contributed by atoms with Gasteiger partial charge in [-0.15, -0.1) is 0 Å². The van der Waals surface area contributed by atoms with E-state index in [-0.39, 0.29) is 5.56 Å². The molecular weight excluding hydrogens is 207 g/mol. The van der Waals surface area contributed by atoms with Gasteiger partial charge in [0.05, 0.1) is 0 Å². The van der Waals surface area contributed by atoms with Gasteiger partial charge in [-0.2, -0.15) is 0 Å². The van der Waals surface area contributed by atoms with Gasteiger partial charge >= 0.3 is 0 Å². The molecule has 3 nitrogen and oxygen atoms in total. The van der Waals surface area contributed by atoms with E-state index in [1.54, 1.807) is 30.5 Å². The highest BCUT2D eigenvalue weighted by Gasteiger charge is 2.05. The number of rotatable bonds is 3. The summed E-state index contributed by atoms with van der Waals surface area (Å²) < 4.78 is 14.5. The Balaban J connectivity index is 2.14. The molecule has 0 fully saturated rings. The highest BCUT2D eigenvalue weighted by atomic mass is 19.1. The van der Waals surface area contributed by atoms with Crippen LogP contribution in [0, 0.1) is 0 Å². The SMILES string of the molecule is Cn1ccnc1Cc1ccc(C(O)F)cc1. The van der Waals surface area contributed by atoms with E-state index in [9.17, 15) is 4.39 Å². The fraction of sp³-hybridized carbons (Fsp3) is 0.250. The molecule has 1 heterocycles. The lowest BCUT2D eigenvalue weighted by atomic mass is 10.1. The van der Waals surface area contributed by atoms with Crippen molar-refractivity contribution < 1.29 is 9.50 Å². The standard InChI is InChI=1S/C12H13FN2O/c1-15-7-6-14-11(15)8-9-2-4-10(5-3-9)12(13)16/h2-7,12,16H,8H2,1H3. The maximum Gasteiger partial charge on any atom is 0.222 e. The zero-order chi connectivity index (χ0) is 11.5. The normalized spacial score (nSPS) is 12.7. The topological polar surface area (TPSA) is 38.0 Å². The Morgan fingerprint density at radius 3 is 2.56 bits per heavy atom. The second-order valence-electron chi connectivity index (χ2n) is 3.71. The molecule has 0 saturated heterocycles. The van der Waals surface area contributed by atoms with E-state index in [1.165, 1.54) is 0 Å². The second-order valence-corrected chi connectivity index (χ2v) is 3.71. The molecule has 0 aliphatic carbocycles. The van der Waals surface area contributed by atoms with Crippen molar-refractivity contribution in [2.24, 2.45) is 7.05 Å². The zero-order valence-corrected chi connectivity index (χ0v) is 8.97. The molecule has 0 aliphatic heterocycles. The van der Waals surface area contributed by atoms with Crippen LogP contribution in [-0.4, -0.2) is 14.7 Å².